The number of rotatable bonds is 4. The molecule has 2 aliphatic rings. The number of aromatic nitrogens is 1. The summed E-state index contributed by atoms with van der Waals surface area (Å²) in [5, 5.41) is 5.68. The van der Waals surface area contributed by atoms with Gasteiger partial charge in [-0.05, 0) is 29.7 Å². The maximum absolute atomic E-state index is 13.2. The van der Waals surface area contributed by atoms with E-state index in [1.54, 1.807) is 31.1 Å². The third-order valence-corrected chi connectivity index (χ3v) is 5.85. The van der Waals surface area contributed by atoms with Gasteiger partial charge in [0.05, 0.1) is 12.6 Å². The smallest absolute Gasteiger partial charge is 0.242 e. The minimum Gasteiger partial charge on any atom is -0.347 e. The zero-order valence-electron chi connectivity index (χ0n) is 16.5. The van der Waals surface area contributed by atoms with E-state index in [2.05, 4.69) is 15.6 Å². The van der Waals surface area contributed by atoms with Crippen molar-refractivity contribution in [2.24, 2.45) is 5.92 Å². The van der Waals surface area contributed by atoms with Crippen LogP contribution in [0.25, 0.3) is 0 Å². The Hall–Kier alpha value is -3.22. The largest absolute Gasteiger partial charge is 0.347 e. The Morgan fingerprint density at radius 3 is 2.79 bits per heavy atom. The quantitative estimate of drug-likeness (QED) is 0.833. The first-order chi connectivity index (χ1) is 13.9. The lowest BCUT2D eigenvalue weighted by Gasteiger charge is -2.34. The molecule has 1 aromatic carbocycles. The number of benzene rings is 1. The number of hydrogen-bond donors (Lipinski definition) is 2. The summed E-state index contributed by atoms with van der Waals surface area (Å²) in [6, 6.07) is 10.9. The molecule has 0 bridgehead atoms. The topological polar surface area (TPSA) is 91.4 Å². The summed E-state index contributed by atoms with van der Waals surface area (Å²) in [5.41, 5.74) is 1.63. The summed E-state index contributed by atoms with van der Waals surface area (Å²) >= 11 is 0. The molecular formula is C22H24N4O3. The normalized spacial score (nSPS) is 22.7. The lowest BCUT2D eigenvalue weighted by molar-refractivity contribution is -0.135. The number of hydrogen-bond acceptors (Lipinski definition) is 4. The van der Waals surface area contributed by atoms with E-state index < -0.39 is 11.5 Å². The average molecular weight is 392 g/mol. The molecule has 7 heteroatoms. The molecule has 3 amide bonds. The van der Waals surface area contributed by atoms with Crippen molar-refractivity contribution < 1.29 is 14.4 Å². The van der Waals surface area contributed by atoms with Gasteiger partial charge in [-0.1, -0.05) is 38.1 Å². The number of nitrogens with one attached hydrogen (secondary N) is 2. The third kappa shape index (κ3) is 3.06. The minimum atomic E-state index is -0.864. The van der Waals surface area contributed by atoms with Crippen LogP contribution in [-0.2, 0) is 19.8 Å². The van der Waals surface area contributed by atoms with Crippen molar-refractivity contribution in [1.29, 1.82) is 0 Å². The van der Waals surface area contributed by atoms with Crippen LogP contribution < -0.4 is 10.6 Å². The first-order valence-corrected chi connectivity index (χ1v) is 9.83. The number of fused-ring (bicyclic) bond motifs is 2. The van der Waals surface area contributed by atoms with Crippen LogP contribution in [0.5, 0.6) is 0 Å². The lowest BCUT2D eigenvalue weighted by atomic mass is 9.73. The van der Waals surface area contributed by atoms with Gasteiger partial charge in [0.2, 0.25) is 17.7 Å². The highest BCUT2D eigenvalue weighted by molar-refractivity contribution is 6.07. The van der Waals surface area contributed by atoms with Gasteiger partial charge in [0.1, 0.15) is 5.41 Å². The lowest BCUT2D eigenvalue weighted by Crippen LogP contribution is -2.45. The second-order valence-corrected chi connectivity index (χ2v) is 7.87. The zero-order chi connectivity index (χ0) is 20.6. The third-order valence-electron chi connectivity index (χ3n) is 5.85. The number of nitrogens with zero attached hydrogens (tertiary/aromatic N) is 2. The fraction of sp³-hybridized carbons (Fsp3) is 0.364. The van der Waals surface area contributed by atoms with Gasteiger partial charge in [0, 0.05) is 30.5 Å². The molecule has 1 spiro atoms. The maximum Gasteiger partial charge on any atom is 0.242 e. The summed E-state index contributed by atoms with van der Waals surface area (Å²) in [5.74, 6) is -0.681. The molecule has 1 aromatic heterocycles. The van der Waals surface area contributed by atoms with E-state index in [-0.39, 0.29) is 30.2 Å². The highest BCUT2D eigenvalue weighted by Gasteiger charge is 2.59. The molecule has 150 valence electrons. The Morgan fingerprint density at radius 2 is 2.07 bits per heavy atom. The van der Waals surface area contributed by atoms with Crippen LogP contribution >= 0.6 is 0 Å². The molecule has 2 aliphatic heterocycles. The predicted molar refractivity (Wildman–Crippen MR) is 108 cm³/mol. The molecule has 1 fully saturated rings. The summed E-state index contributed by atoms with van der Waals surface area (Å²) in [7, 11) is 0. The Morgan fingerprint density at radius 1 is 1.28 bits per heavy atom. The second-order valence-electron chi connectivity index (χ2n) is 7.87. The van der Waals surface area contributed by atoms with Crippen molar-refractivity contribution in [2.45, 2.75) is 31.7 Å². The number of anilines is 1. The van der Waals surface area contributed by atoms with Crippen LogP contribution in [0, 0.1) is 5.92 Å². The first kappa shape index (κ1) is 19.1. The molecule has 0 radical (unpaired) electrons. The van der Waals surface area contributed by atoms with E-state index in [1.807, 2.05) is 36.4 Å². The van der Waals surface area contributed by atoms with Gasteiger partial charge in [-0.15, -0.1) is 0 Å². The van der Waals surface area contributed by atoms with Gasteiger partial charge in [0.15, 0.2) is 0 Å². The van der Waals surface area contributed by atoms with E-state index in [9.17, 15) is 14.4 Å². The molecule has 0 aliphatic carbocycles. The molecule has 2 N–H and O–H groups in total. The number of carbonyl (C=O) groups excluding carboxylic acids is 3. The monoisotopic (exact) mass is 392 g/mol. The van der Waals surface area contributed by atoms with Crippen LogP contribution in [0.15, 0.2) is 48.8 Å². The molecule has 2 atom stereocenters. The SMILES string of the molecule is CC(C)C(=O)NCC(=O)N1CCC2(C(=O)Nc3ccccc32)C1c1cccnc1. The summed E-state index contributed by atoms with van der Waals surface area (Å²) in [4.78, 5) is 44.1. The fourth-order valence-electron chi connectivity index (χ4n) is 4.42. The molecule has 29 heavy (non-hydrogen) atoms. The van der Waals surface area contributed by atoms with Gasteiger partial charge < -0.3 is 15.5 Å². The highest BCUT2D eigenvalue weighted by atomic mass is 16.2. The first-order valence-electron chi connectivity index (χ1n) is 9.83. The summed E-state index contributed by atoms with van der Waals surface area (Å²) in [6.07, 6.45) is 3.89. The molecule has 2 unspecified atom stereocenters. The van der Waals surface area contributed by atoms with Crippen LogP contribution in [0.2, 0.25) is 0 Å². The average Bonchev–Trinajstić information content (AvgIpc) is 3.26. The van der Waals surface area contributed by atoms with Gasteiger partial charge in [-0.25, -0.2) is 0 Å². The molecular weight excluding hydrogens is 368 g/mol. The molecule has 0 saturated carbocycles. The Balaban J connectivity index is 1.72. The van der Waals surface area contributed by atoms with E-state index in [1.165, 1.54) is 0 Å². The van der Waals surface area contributed by atoms with Gasteiger partial charge >= 0.3 is 0 Å². The van der Waals surface area contributed by atoms with E-state index in [0.717, 1.165) is 16.8 Å². The van der Waals surface area contributed by atoms with Crippen molar-refractivity contribution in [2.75, 3.05) is 18.4 Å². The van der Waals surface area contributed by atoms with Crippen molar-refractivity contribution in [3.63, 3.8) is 0 Å². The highest BCUT2D eigenvalue weighted by Crippen LogP contribution is 2.54. The van der Waals surface area contributed by atoms with Crippen molar-refractivity contribution >= 4 is 23.4 Å². The van der Waals surface area contributed by atoms with E-state index >= 15 is 0 Å². The molecule has 1 saturated heterocycles. The molecule has 2 aromatic rings. The standard InChI is InChI=1S/C22H24N4O3/c1-14(2)20(28)24-13-18(27)26-11-9-22(19(26)15-6-5-10-23-12-15)16-7-3-4-8-17(16)25-21(22)29/h3-8,10,12,14,19H,9,11,13H2,1-2H3,(H,24,28)(H,25,29). The number of likely N-dealkylation sites (tertiary alicyclic amines) is 1. The van der Waals surface area contributed by atoms with Gasteiger partial charge in [-0.2, -0.15) is 0 Å². The summed E-state index contributed by atoms with van der Waals surface area (Å²) < 4.78 is 0. The van der Waals surface area contributed by atoms with Gasteiger partial charge in [-0.3, -0.25) is 19.4 Å². The van der Waals surface area contributed by atoms with Crippen molar-refractivity contribution in [3.05, 3.63) is 59.9 Å². The Labute approximate surface area is 169 Å². The van der Waals surface area contributed by atoms with Crippen LogP contribution in [0.1, 0.15) is 37.4 Å². The van der Waals surface area contributed by atoms with Crippen LogP contribution in [0.3, 0.4) is 0 Å². The van der Waals surface area contributed by atoms with Crippen molar-refractivity contribution in [3.8, 4) is 0 Å². The fourth-order valence-corrected chi connectivity index (χ4v) is 4.42. The Kier molecular flexibility index (Phi) is 4.82. The molecule has 7 nitrogen and oxygen atoms in total. The number of amides is 3. The number of pyridine rings is 1. The molecule has 4 rings (SSSR count). The van der Waals surface area contributed by atoms with Crippen LogP contribution in [-0.4, -0.2) is 40.7 Å². The van der Waals surface area contributed by atoms with E-state index in [4.69, 9.17) is 0 Å². The Bertz CT molecular complexity index is 960. The zero-order valence-corrected chi connectivity index (χ0v) is 16.5. The van der Waals surface area contributed by atoms with E-state index in [0.29, 0.717) is 13.0 Å². The predicted octanol–water partition coefficient (Wildman–Crippen LogP) is 2.02. The molecule has 3 heterocycles. The van der Waals surface area contributed by atoms with Crippen molar-refractivity contribution in [1.82, 2.24) is 15.2 Å². The van der Waals surface area contributed by atoms with Crippen LogP contribution in [0.4, 0.5) is 5.69 Å². The number of para-hydroxylation sites is 1. The van der Waals surface area contributed by atoms with Gasteiger partial charge in [0.25, 0.3) is 0 Å². The maximum atomic E-state index is 13.2. The number of carbonyl (C=O) groups is 3. The summed E-state index contributed by atoms with van der Waals surface area (Å²) in [6.45, 7) is 3.90. The second kappa shape index (κ2) is 7.31. The minimum absolute atomic E-state index is 0.0902.